The van der Waals surface area contributed by atoms with Gasteiger partial charge >= 0.3 is 6.03 Å². The van der Waals surface area contributed by atoms with Crippen LogP contribution in [0.25, 0.3) is 0 Å². The summed E-state index contributed by atoms with van der Waals surface area (Å²) >= 11 is 0. The molecule has 34 heavy (non-hydrogen) atoms. The Morgan fingerprint density at radius 1 is 0.971 bits per heavy atom. The standard InChI is InChI=1S/C25H26F2N4O3/c1-2-5-22(31-25(33)30-15-17-9-11-19(26)12-10-17)23(32)29-16-18-6-4-13-28-24(18)34-21-8-3-7-20(27)14-21/h3-4,6-14,22H,2,5,15-16H2,1H3,(H,29,32)(H2,30,31,33). The first kappa shape index (κ1) is 24.6. The maximum atomic E-state index is 13.4. The highest BCUT2D eigenvalue weighted by Crippen LogP contribution is 2.23. The molecule has 178 valence electrons. The number of hydrogen-bond donors (Lipinski definition) is 3. The summed E-state index contributed by atoms with van der Waals surface area (Å²) in [6.07, 6.45) is 2.65. The van der Waals surface area contributed by atoms with E-state index >= 15 is 0 Å². The average molecular weight is 469 g/mol. The molecule has 9 heteroatoms. The second-order valence-electron chi connectivity index (χ2n) is 7.54. The summed E-state index contributed by atoms with van der Waals surface area (Å²) in [5, 5.41) is 8.13. The van der Waals surface area contributed by atoms with Gasteiger partial charge in [-0.25, -0.2) is 18.6 Å². The zero-order valence-corrected chi connectivity index (χ0v) is 18.7. The van der Waals surface area contributed by atoms with Gasteiger partial charge in [0.15, 0.2) is 0 Å². The number of benzene rings is 2. The van der Waals surface area contributed by atoms with Crippen LogP contribution in [0.4, 0.5) is 13.6 Å². The van der Waals surface area contributed by atoms with Gasteiger partial charge in [-0.1, -0.05) is 37.6 Å². The van der Waals surface area contributed by atoms with Crippen molar-refractivity contribution in [2.24, 2.45) is 0 Å². The minimum atomic E-state index is -0.748. The Labute approximate surface area is 196 Å². The van der Waals surface area contributed by atoms with E-state index in [4.69, 9.17) is 4.74 Å². The minimum Gasteiger partial charge on any atom is -0.439 e. The first-order chi connectivity index (χ1) is 16.4. The molecule has 0 aliphatic carbocycles. The van der Waals surface area contributed by atoms with Crippen molar-refractivity contribution in [3.63, 3.8) is 0 Å². The second kappa shape index (κ2) is 12.3. The molecule has 1 heterocycles. The molecule has 0 aliphatic rings. The first-order valence-electron chi connectivity index (χ1n) is 10.9. The summed E-state index contributed by atoms with van der Waals surface area (Å²) < 4.78 is 32.1. The molecule has 0 saturated heterocycles. The predicted octanol–water partition coefficient (Wildman–Crippen LogP) is 4.44. The Morgan fingerprint density at radius 2 is 1.76 bits per heavy atom. The monoisotopic (exact) mass is 468 g/mol. The topological polar surface area (TPSA) is 92.4 Å². The molecule has 1 unspecified atom stereocenters. The van der Waals surface area contributed by atoms with Crippen LogP contribution < -0.4 is 20.7 Å². The summed E-state index contributed by atoms with van der Waals surface area (Å²) in [5.74, 6) is -0.625. The van der Waals surface area contributed by atoms with E-state index < -0.39 is 17.9 Å². The SMILES string of the molecule is CCCC(NC(=O)NCc1ccc(F)cc1)C(=O)NCc1cccnc1Oc1cccc(F)c1. The molecule has 3 N–H and O–H groups in total. The number of pyridine rings is 1. The number of hydrogen-bond acceptors (Lipinski definition) is 4. The van der Waals surface area contributed by atoms with Crippen LogP contribution in [-0.2, 0) is 17.9 Å². The molecule has 0 bridgehead atoms. The first-order valence-corrected chi connectivity index (χ1v) is 10.9. The van der Waals surface area contributed by atoms with Crippen molar-refractivity contribution in [2.75, 3.05) is 0 Å². The van der Waals surface area contributed by atoms with Crippen molar-refractivity contribution in [2.45, 2.75) is 38.9 Å². The van der Waals surface area contributed by atoms with E-state index in [1.54, 1.807) is 30.3 Å². The lowest BCUT2D eigenvalue weighted by atomic mass is 10.1. The molecule has 0 spiro atoms. The van der Waals surface area contributed by atoms with Crippen LogP contribution in [0.2, 0.25) is 0 Å². The van der Waals surface area contributed by atoms with Gasteiger partial charge in [-0.15, -0.1) is 0 Å². The molecule has 0 fully saturated rings. The van der Waals surface area contributed by atoms with E-state index in [0.29, 0.717) is 18.4 Å². The van der Waals surface area contributed by atoms with Crippen LogP contribution in [-0.4, -0.2) is 23.0 Å². The van der Waals surface area contributed by atoms with Gasteiger partial charge in [0.25, 0.3) is 0 Å². The maximum absolute atomic E-state index is 13.4. The molecule has 3 aromatic rings. The fourth-order valence-corrected chi connectivity index (χ4v) is 3.15. The summed E-state index contributed by atoms with van der Waals surface area (Å²) in [7, 11) is 0. The Hall–Kier alpha value is -4.01. The zero-order chi connectivity index (χ0) is 24.3. The highest BCUT2D eigenvalue weighted by molar-refractivity contribution is 5.87. The van der Waals surface area contributed by atoms with Gasteiger partial charge in [0.1, 0.15) is 23.4 Å². The third-order valence-corrected chi connectivity index (χ3v) is 4.88. The van der Waals surface area contributed by atoms with Gasteiger partial charge in [0.05, 0.1) is 0 Å². The number of aromatic nitrogens is 1. The van der Waals surface area contributed by atoms with E-state index in [9.17, 15) is 18.4 Å². The number of urea groups is 1. The number of rotatable bonds is 10. The summed E-state index contributed by atoms with van der Waals surface area (Å²) in [5.41, 5.74) is 1.33. The highest BCUT2D eigenvalue weighted by atomic mass is 19.1. The number of halogens is 2. The fraction of sp³-hybridized carbons (Fsp3) is 0.240. The van der Waals surface area contributed by atoms with Crippen LogP contribution >= 0.6 is 0 Å². The molecule has 0 saturated carbocycles. The average Bonchev–Trinajstić information content (AvgIpc) is 2.83. The van der Waals surface area contributed by atoms with Crippen LogP contribution in [0.3, 0.4) is 0 Å². The molecule has 1 atom stereocenters. The summed E-state index contributed by atoms with van der Waals surface area (Å²) in [6.45, 7) is 2.21. The van der Waals surface area contributed by atoms with Crippen LogP contribution in [0.15, 0.2) is 66.9 Å². The van der Waals surface area contributed by atoms with Gasteiger partial charge < -0.3 is 20.7 Å². The number of nitrogens with one attached hydrogen (secondary N) is 3. The molecule has 0 radical (unpaired) electrons. The third kappa shape index (κ3) is 7.54. The summed E-state index contributed by atoms with van der Waals surface area (Å²) in [4.78, 5) is 29.2. The molecule has 2 aromatic carbocycles. The predicted molar refractivity (Wildman–Crippen MR) is 123 cm³/mol. The van der Waals surface area contributed by atoms with Gasteiger partial charge in [-0.2, -0.15) is 0 Å². The lowest BCUT2D eigenvalue weighted by Gasteiger charge is -2.19. The fourth-order valence-electron chi connectivity index (χ4n) is 3.15. The van der Waals surface area contributed by atoms with Crippen LogP contribution in [0.1, 0.15) is 30.9 Å². The van der Waals surface area contributed by atoms with Gasteiger partial charge in [-0.05, 0) is 42.3 Å². The zero-order valence-electron chi connectivity index (χ0n) is 18.7. The molecule has 7 nitrogen and oxygen atoms in total. The van der Waals surface area contributed by atoms with Gasteiger partial charge in [-0.3, -0.25) is 4.79 Å². The molecular formula is C25H26F2N4O3. The molecule has 1 aromatic heterocycles. The van der Waals surface area contributed by atoms with Crippen molar-refractivity contribution < 1.29 is 23.1 Å². The normalized spacial score (nSPS) is 11.4. The molecule has 0 aliphatic heterocycles. The Bertz CT molecular complexity index is 1110. The third-order valence-electron chi connectivity index (χ3n) is 4.88. The quantitative estimate of drug-likeness (QED) is 0.410. The minimum absolute atomic E-state index is 0.108. The Balaban J connectivity index is 1.56. The highest BCUT2D eigenvalue weighted by Gasteiger charge is 2.20. The van der Waals surface area contributed by atoms with Crippen molar-refractivity contribution in [1.82, 2.24) is 20.9 Å². The number of ether oxygens (including phenoxy) is 1. The Kier molecular flexibility index (Phi) is 8.90. The molecule has 3 rings (SSSR count). The van der Waals surface area contributed by atoms with E-state index in [1.807, 2.05) is 6.92 Å². The van der Waals surface area contributed by atoms with Crippen molar-refractivity contribution in [3.05, 3.63) is 89.6 Å². The van der Waals surface area contributed by atoms with Gasteiger partial charge in [0.2, 0.25) is 11.8 Å². The van der Waals surface area contributed by atoms with Crippen LogP contribution in [0, 0.1) is 11.6 Å². The van der Waals surface area contributed by atoms with E-state index in [1.165, 1.54) is 36.5 Å². The van der Waals surface area contributed by atoms with E-state index in [0.717, 1.165) is 5.56 Å². The lowest BCUT2D eigenvalue weighted by Crippen LogP contribution is -2.49. The number of carbonyl (C=O) groups excluding carboxylic acids is 2. The maximum Gasteiger partial charge on any atom is 0.315 e. The Morgan fingerprint density at radius 3 is 2.50 bits per heavy atom. The molecular weight excluding hydrogens is 442 g/mol. The second-order valence-corrected chi connectivity index (χ2v) is 7.54. The number of amides is 3. The van der Waals surface area contributed by atoms with E-state index in [-0.39, 0.29) is 36.4 Å². The summed E-state index contributed by atoms with van der Waals surface area (Å²) in [6, 6.07) is 13.6. The number of carbonyl (C=O) groups is 2. The largest absolute Gasteiger partial charge is 0.439 e. The molecule has 3 amide bonds. The smallest absolute Gasteiger partial charge is 0.315 e. The number of nitrogens with zero attached hydrogens (tertiary/aromatic N) is 1. The lowest BCUT2D eigenvalue weighted by molar-refractivity contribution is -0.123. The van der Waals surface area contributed by atoms with Crippen molar-refractivity contribution >= 4 is 11.9 Å². The van der Waals surface area contributed by atoms with Crippen LogP contribution in [0.5, 0.6) is 11.6 Å². The van der Waals surface area contributed by atoms with E-state index in [2.05, 4.69) is 20.9 Å². The van der Waals surface area contributed by atoms with Crippen molar-refractivity contribution in [1.29, 1.82) is 0 Å². The van der Waals surface area contributed by atoms with Crippen molar-refractivity contribution in [3.8, 4) is 11.6 Å². The van der Waals surface area contributed by atoms with Gasteiger partial charge in [0, 0.05) is 30.9 Å².